The highest BCUT2D eigenvalue weighted by Gasteiger charge is 2.25. The average Bonchev–Trinajstić information content (AvgIpc) is 3.14. The van der Waals surface area contributed by atoms with Crippen LogP contribution in [-0.2, 0) is 4.79 Å². The van der Waals surface area contributed by atoms with Crippen LogP contribution in [-0.4, -0.2) is 56.5 Å². The molecule has 1 amide bonds. The Bertz CT molecular complexity index is 1210. The number of hydrogen-bond acceptors (Lipinski definition) is 8. The smallest absolute Gasteiger partial charge is 0.264 e. The Labute approximate surface area is 185 Å². The number of hydrogen-bond donors (Lipinski definition) is 2. The van der Waals surface area contributed by atoms with E-state index >= 15 is 0 Å². The van der Waals surface area contributed by atoms with Gasteiger partial charge in [-0.1, -0.05) is 6.58 Å². The summed E-state index contributed by atoms with van der Waals surface area (Å²) in [5.41, 5.74) is 1.64. The van der Waals surface area contributed by atoms with Crippen LogP contribution in [0.4, 0.5) is 23.3 Å². The number of nitrogens with one attached hydrogen (secondary N) is 2. The zero-order valence-electron chi connectivity index (χ0n) is 17.9. The molecule has 1 saturated heterocycles. The molecule has 0 aliphatic carbocycles. The number of aryl methyl sites for hydroxylation is 1. The first-order valence-corrected chi connectivity index (χ1v) is 10.1. The highest BCUT2D eigenvalue weighted by Crippen LogP contribution is 2.28. The maximum Gasteiger partial charge on any atom is 0.264 e. The summed E-state index contributed by atoms with van der Waals surface area (Å²) in [5.74, 6) is 1.70. The zero-order valence-corrected chi connectivity index (χ0v) is 17.9. The second kappa shape index (κ2) is 8.89. The fourth-order valence-electron chi connectivity index (χ4n) is 3.74. The molecule has 2 N–H and O–H groups in total. The number of anilines is 3. The number of rotatable bonds is 6. The first-order valence-electron chi connectivity index (χ1n) is 10.1. The van der Waals surface area contributed by atoms with Crippen LogP contribution in [0.3, 0.4) is 0 Å². The number of piperidine rings is 1. The van der Waals surface area contributed by atoms with Crippen molar-refractivity contribution in [1.29, 1.82) is 0 Å². The molecule has 1 aliphatic rings. The molecule has 0 aromatic carbocycles. The van der Waals surface area contributed by atoms with Gasteiger partial charge in [-0.2, -0.15) is 4.98 Å². The molecule has 4 rings (SSSR count). The Morgan fingerprint density at radius 1 is 1.41 bits per heavy atom. The summed E-state index contributed by atoms with van der Waals surface area (Å²) in [7, 11) is 1.48. The van der Waals surface area contributed by atoms with Gasteiger partial charge < -0.3 is 20.3 Å². The van der Waals surface area contributed by atoms with E-state index in [0.29, 0.717) is 29.7 Å². The number of amides is 1. The second-order valence-corrected chi connectivity index (χ2v) is 7.31. The number of ether oxygens (including phenoxy) is 1. The van der Waals surface area contributed by atoms with Crippen molar-refractivity contribution in [3.63, 3.8) is 0 Å². The summed E-state index contributed by atoms with van der Waals surface area (Å²) in [5, 5.41) is 6.15. The van der Waals surface area contributed by atoms with Crippen LogP contribution in [0, 0.1) is 13.5 Å². The Kier molecular flexibility index (Phi) is 5.85. The third kappa shape index (κ3) is 4.02. The van der Waals surface area contributed by atoms with Crippen LogP contribution >= 0.6 is 0 Å². The van der Waals surface area contributed by atoms with E-state index in [1.165, 1.54) is 19.4 Å². The molecule has 0 radical (unpaired) electrons. The van der Waals surface area contributed by atoms with E-state index < -0.39 is 0 Å². The van der Waals surface area contributed by atoms with Gasteiger partial charge in [-0.25, -0.2) is 19.8 Å². The monoisotopic (exact) mass is 433 g/mol. The highest BCUT2D eigenvalue weighted by molar-refractivity contribution is 5.99. The normalized spacial score (nSPS) is 15.8. The van der Waals surface area contributed by atoms with E-state index in [0.717, 1.165) is 25.2 Å². The SMILES string of the molecule is [C-]#[N+]c1cnc(N[C@@H]2CCCN(c3nccn4c(NC(=O)C=C)c(C)nc34)C2)nc1OC. The summed E-state index contributed by atoms with van der Waals surface area (Å²) < 4.78 is 7.01. The van der Waals surface area contributed by atoms with E-state index in [1.807, 2.05) is 11.3 Å². The molecule has 3 aromatic heterocycles. The predicted molar refractivity (Wildman–Crippen MR) is 120 cm³/mol. The summed E-state index contributed by atoms with van der Waals surface area (Å²) in [6, 6.07) is 0.0744. The van der Waals surface area contributed by atoms with Gasteiger partial charge in [0.2, 0.25) is 17.7 Å². The van der Waals surface area contributed by atoms with Crippen LogP contribution in [0.15, 0.2) is 31.2 Å². The Morgan fingerprint density at radius 2 is 2.25 bits per heavy atom. The van der Waals surface area contributed by atoms with Crippen LogP contribution in [0.2, 0.25) is 0 Å². The van der Waals surface area contributed by atoms with Gasteiger partial charge in [-0.15, -0.1) is 0 Å². The molecule has 32 heavy (non-hydrogen) atoms. The van der Waals surface area contributed by atoms with Gasteiger partial charge >= 0.3 is 0 Å². The molecule has 0 unspecified atom stereocenters. The van der Waals surface area contributed by atoms with Crippen LogP contribution in [0.1, 0.15) is 18.5 Å². The van der Waals surface area contributed by atoms with Crippen molar-refractivity contribution < 1.29 is 9.53 Å². The number of carbonyl (C=O) groups is 1. The molecule has 0 saturated carbocycles. The minimum Gasteiger partial charge on any atom is -0.490 e. The van der Waals surface area contributed by atoms with E-state index in [9.17, 15) is 4.79 Å². The number of imidazole rings is 1. The van der Waals surface area contributed by atoms with Crippen molar-refractivity contribution >= 4 is 34.8 Å². The number of methoxy groups -OCH3 is 1. The highest BCUT2D eigenvalue weighted by atomic mass is 16.5. The maximum absolute atomic E-state index is 11.8. The van der Waals surface area contributed by atoms with E-state index in [2.05, 4.69) is 46.9 Å². The topological polar surface area (TPSA) is 114 Å². The molecule has 11 nitrogen and oxygen atoms in total. The summed E-state index contributed by atoms with van der Waals surface area (Å²) in [4.78, 5) is 35.1. The van der Waals surface area contributed by atoms with Gasteiger partial charge in [0, 0.05) is 37.7 Å². The first-order chi connectivity index (χ1) is 15.5. The molecule has 0 spiro atoms. The minimum absolute atomic E-state index is 0.0744. The van der Waals surface area contributed by atoms with Crippen LogP contribution in [0.5, 0.6) is 5.88 Å². The second-order valence-electron chi connectivity index (χ2n) is 7.31. The van der Waals surface area contributed by atoms with Crippen molar-refractivity contribution in [2.75, 3.05) is 35.7 Å². The lowest BCUT2D eigenvalue weighted by molar-refractivity contribution is -0.111. The van der Waals surface area contributed by atoms with Crippen LogP contribution in [0.25, 0.3) is 10.5 Å². The average molecular weight is 433 g/mol. The van der Waals surface area contributed by atoms with Gasteiger partial charge in [0.25, 0.3) is 5.69 Å². The van der Waals surface area contributed by atoms with Gasteiger partial charge in [-0.3, -0.25) is 9.20 Å². The predicted octanol–water partition coefficient (Wildman–Crippen LogP) is 2.59. The molecule has 11 heteroatoms. The molecule has 0 bridgehead atoms. The van der Waals surface area contributed by atoms with E-state index in [-0.39, 0.29) is 23.5 Å². The number of fused-ring (bicyclic) bond motifs is 1. The number of nitrogens with zero attached hydrogens (tertiary/aromatic N) is 7. The van der Waals surface area contributed by atoms with E-state index in [1.54, 1.807) is 12.4 Å². The van der Waals surface area contributed by atoms with Crippen molar-refractivity contribution in [2.45, 2.75) is 25.8 Å². The molecule has 164 valence electrons. The number of carbonyl (C=O) groups excluding carboxylic acids is 1. The van der Waals surface area contributed by atoms with Gasteiger partial charge in [0.15, 0.2) is 11.5 Å². The molecule has 3 aromatic rings. The van der Waals surface area contributed by atoms with Gasteiger partial charge in [0.1, 0.15) is 5.82 Å². The maximum atomic E-state index is 11.8. The lowest BCUT2D eigenvalue weighted by atomic mass is 10.1. The Morgan fingerprint density at radius 3 is 3.00 bits per heavy atom. The quantitative estimate of drug-likeness (QED) is 0.450. The Hall–Kier alpha value is -4.20. The molecule has 1 fully saturated rings. The van der Waals surface area contributed by atoms with Crippen LogP contribution < -0.4 is 20.3 Å². The lowest BCUT2D eigenvalue weighted by Crippen LogP contribution is -2.43. The van der Waals surface area contributed by atoms with Crippen molar-refractivity contribution in [2.24, 2.45) is 0 Å². The summed E-state index contributed by atoms with van der Waals surface area (Å²) in [6.07, 6.45) is 8.03. The zero-order chi connectivity index (χ0) is 22.7. The van der Waals surface area contributed by atoms with Crippen molar-refractivity contribution in [1.82, 2.24) is 24.3 Å². The molecule has 1 aliphatic heterocycles. The standard InChI is InChI=1S/C21H23N9O2/c1-5-16(31)27-17-13(2)25-19-18(23-8-10-30(17)19)29-9-6-7-14(12-29)26-21-24-11-15(22-3)20(28-21)32-4/h5,8,10-11,14H,1,6-7,9,12H2,2,4H3,(H,27,31)(H,24,26,28)/t14-/m1/s1. The number of aromatic nitrogens is 5. The summed E-state index contributed by atoms with van der Waals surface area (Å²) >= 11 is 0. The third-order valence-electron chi connectivity index (χ3n) is 5.23. The largest absolute Gasteiger partial charge is 0.490 e. The third-order valence-corrected chi connectivity index (χ3v) is 5.23. The Balaban J connectivity index is 1.57. The van der Waals surface area contributed by atoms with Crippen molar-refractivity contribution in [3.05, 3.63) is 48.4 Å². The molecular formula is C21H23N9O2. The lowest BCUT2D eigenvalue weighted by Gasteiger charge is -2.34. The van der Waals surface area contributed by atoms with Crippen molar-refractivity contribution in [3.8, 4) is 5.88 Å². The minimum atomic E-state index is -0.296. The molecule has 1 atom stereocenters. The molecule has 4 heterocycles. The van der Waals surface area contributed by atoms with Gasteiger partial charge in [-0.05, 0) is 25.8 Å². The summed E-state index contributed by atoms with van der Waals surface area (Å²) in [6.45, 7) is 14.0. The fourth-order valence-corrected chi connectivity index (χ4v) is 3.74. The fraction of sp³-hybridized carbons (Fsp3) is 0.333. The molecular weight excluding hydrogens is 410 g/mol. The first kappa shape index (κ1) is 21.0. The van der Waals surface area contributed by atoms with E-state index in [4.69, 9.17) is 11.3 Å². The van der Waals surface area contributed by atoms with Gasteiger partial charge in [0.05, 0.1) is 19.4 Å².